The largest absolute Gasteiger partial charge is 0.503 e. The van der Waals surface area contributed by atoms with Crippen molar-refractivity contribution < 1.29 is 23.0 Å². The molecule has 1 aromatic carbocycles. The highest BCUT2D eigenvalue weighted by molar-refractivity contribution is 9.10. The Balaban J connectivity index is 2.88. The third-order valence-corrected chi connectivity index (χ3v) is 3.12. The third-order valence-electron chi connectivity index (χ3n) is 2.52. The molecule has 0 fully saturated rings. The standard InChI is InChI=1S/C12H15BrF3NO2/c1-2-19-10-6-7(5-8(13)11(10)18)9(17)3-4-12(14,15)16/h5-6,9,18H,2-4,17H2,1H3/t9-/m0/s1. The molecule has 0 spiro atoms. The van der Waals surface area contributed by atoms with E-state index in [1.165, 1.54) is 12.1 Å². The zero-order chi connectivity index (χ0) is 14.6. The third kappa shape index (κ3) is 4.91. The van der Waals surface area contributed by atoms with Gasteiger partial charge in [0.1, 0.15) is 0 Å². The number of ether oxygens (including phenoxy) is 1. The van der Waals surface area contributed by atoms with E-state index in [2.05, 4.69) is 15.9 Å². The van der Waals surface area contributed by atoms with Crippen molar-refractivity contribution in [1.82, 2.24) is 0 Å². The molecule has 0 bridgehead atoms. The van der Waals surface area contributed by atoms with Gasteiger partial charge < -0.3 is 15.6 Å². The van der Waals surface area contributed by atoms with Crippen LogP contribution in [0.5, 0.6) is 11.5 Å². The lowest BCUT2D eigenvalue weighted by Crippen LogP contribution is -2.16. The van der Waals surface area contributed by atoms with E-state index in [0.717, 1.165) is 0 Å². The van der Waals surface area contributed by atoms with Crippen LogP contribution in [0.3, 0.4) is 0 Å². The fraction of sp³-hybridized carbons (Fsp3) is 0.500. The van der Waals surface area contributed by atoms with Gasteiger partial charge in [-0.2, -0.15) is 13.2 Å². The van der Waals surface area contributed by atoms with Crippen LogP contribution in [0.15, 0.2) is 16.6 Å². The summed E-state index contributed by atoms with van der Waals surface area (Å²) in [6.45, 7) is 2.07. The van der Waals surface area contributed by atoms with Crippen LogP contribution in [-0.2, 0) is 0 Å². The first-order valence-electron chi connectivity index (χ1n) is 5.72. The smallest absolute Gasteiger partial charge is 0.389 e. The molecule has 1 aromatic rings. The number of nitrogens with two attached hydrogens (primary N) is 1. The molecule has 1 rings (SSSR count). The molecule has 0 aliphatic carbocycles. The number of hydrogen-bond donors (Lipinski definition) is 2. The van der Waals surface area contributed by atoms with E-state index in [1.54, 1.807) is 6.92 Å². The van der Waals surface area contributed by atoms with Crippen molar-refractivity contribution in [3.8, 4) is 11.5 Å². The van der Waals surface area contributed by atoms with Gasteiger partial charge in [0, 0.05) is 12.5 Å². The summed E-state index contributed by atoms with van der Waals surface area (Å²) >= 11 is 3.12. The molecule has 0 aromatic heterocycles. The van der Waals surface area contributed by atoms with Crippen LogP contribution >= 0.6 is 15.9 Å². The van der Waals surface area contributed by atoms with Gasteiger partial charge in [0.25, 0.3) is 0 Å². The lowest BCUT2D eigenvalue weighted by atomic mass is 10.0. The molecule has 19 heavy (non-hydrogen) atoms. The first-order chi connectivity index (χ1) is 8.74. The van der Waals surface area contributed by atoms with E-state index in [4.69, 9.17) is 10.5 Å². The Morgan fingerprint density at radius 3 is 2.58 bits per heavy atom. The molecule has 7 heteroatoms. The molecule has 0 heterocycles. The van der Waals surface area contributed by atoms with Crippen LogP contribution in [0.4, 0.5) is 13.2 Å². The summed E-state index contributed by atoms with van der Waals surface area (Å²) in [6, 6.07) is 2.20. The second-order valence-electron chi connectivity index (χ2n) is 4.04. The Morgan fingerprint density at radius 1 is 1.42 bits per heavy atom. The Bertz CT molecular complexity index is 438. The molecule has 0 unspecified atom stereocenters. The van der Waals surface area contributed by atoms with Crippen molar-refractivity contribution in [1.29, 1.82) is 0 Å². The zero-order valence-corrected chi connectivity index (χ0v) is 11.9. The molecule has 3 nitrogen and oxygen atoms in total. The molecule has 108 valence electrons. The predicted octanol–water partition coefficient (Wildman–Crippen LogP) is 3.90. The van der Waals surface area contributed by atoms with Gasteiger partial charge in [0.2, 0.25) is 0 Å². The molecule has 0 saturated carbocycles. The molecule has 0 aliphatic heterocycles. The van der Waals surface area contributed by atoms with E-state index in [0.29, 0.717) is 16.6 Å². The minimum absolute atomic E-state index is 0.0892. The number of rotatable bonds is 5. The van der Waals surface area contributed by atoms with Gasteiger partial charge >= 0.3 is 6.18 Å². The second-order valence-corrected chi connectivity index (χ2v) is 4.90. The summed E-state index contributed by atoms with van der Waals surface area (Å²) in [5, 5.41) is 9.70. The number of phenols is 1. The summed E-state index contributed by atoms with van der Waals surface area (Å²) in [6.07, 6.45) is -5.39. The van der Waals surface area contributed by atoms with Gasteiger partial charge in [-0.1, -0.05) is 0 Å². The molecule has 0 saturated heterocycles. The average molecular weight is 342 g/mol. The first-order valence-corrected chi connectivity index (χ1v) is 6.51. The Labute approximate surface area is 117 Å². The van der Waals surface area contributed by atoms with E-state index in [-0.39, 0.29) is 17.9 Å². The fourth-order valence-electron chi connectivity index (χ4n) is 1.56. The van der Waals surface area contributed by atoms with E-state index in [1.807, 2.05) is 0 Å². The summed E-state index contributed by atoms with van der Waals surface area (Å²) in [5.74, 6) is 0.114. The number of hydrogen-bond acceptors (Lipinski definition) is 3. The summed E-state index contributed by atoms with van der Waals surface area (Å²) in [5.41, 5.74) is 6.21. The van der Waals surface area contributed by atoms with Crippen LogP contribution in [0.1, 0.15) is 31.4 Å². The number of alkyl halides is 3. The lowest BCUT2D eigenvalue weighted by Gasteiger charge is -2.16. The minimum atomic E-state index is -4.23. The van der Waals surface area contributed by atoms with Crippen molar-refractivity contribution in [2.75, 3.05) is 6.61 Å². The minimum Gasteiger partial charge on any atom is -0.503 e. The maximum atomic E-state index is 12.1. The van der Waals surface area contributed by atoms with E-state index in [9.17, 15) is 18.3 Å². The Morgan fingerprint density at radius 2 is 2.05 bits per heavy atom. The number of halogens is 4. The van der Waals surface area contributed by atoms with E-state index >= 15 is 0 Å². The predicted molar refractivity (Wildman–Crippen MR) is 69.2 cm³/mol. The average Bonchev–Trinajstić information content (AvgIpc) is 2.31. The summed E-state index contributed by atoms with van der Waals surface area (Å²) in [7, 11) is 0. The molecular weight excluding hydrogens is 327 g/mol. The van der Waals surface area contributed by atoms with Gasteiger partial charge in [-0.05, 0) is 47.0 Å². The summed E-state index contributed by atoms with van der Waals surface area (Å²) < 4.78 is 42.0. The topological polar surface area (TPSA) is 55.5 Å². The quantitative estimate of drug-likeness (QED) is 0.853. The van der Waals surface area contributed by atoms with Gasteiger partial charge in [-0.3, -0.25) is 0 Å². The summed E-state index contributed by atoms with van der Waals surface area (Å²) in [4.78, 5) is 0. The van der Waals surface area contributed by atoms with Crippen LogP contribution < -0.4 is 10.5 Å². The number of phenolic OH excluding ortho intramolecular Hbond substituents is 1. The SMILES string of the molecule is CCOc1cc([C@@H](N)CCC(F)(F)F)cc(Br)c1O. The molecule has 0 aliphatic rings. The zero-order valence-electron chi connectivity index (χ0n) is 10.3. The number of benzene rings is 1. The van der Waals surface area contributed by atoms with Crippen LogP contribution in [0, 0.1) is 0 Å². The molecule has 1 atom stereocenters. The molecule has 3 N–H and O–H groups in total. The number of aromatic hydroxyl groups is 1. The Hall–Kier alpha value is -0.950. The normalized spacial score (nSPS) is 13.4. The maximum absolute atomic E-state index is 12.1. The van der Waals surface area contributed by atoms with E-state index < -0.39 is 18.6 Å². The lowest BCUT2D eigenvalue weighted by molar-refractivity contribution is -0.136. The molecule has 0 radical (unpaired) electrons. The highest BCUT2D eigenvalue weighted by atomic mass is 79.9. The van der Waals surface area contributed by atoms with Crippen molar-refractivity contribution in [3.63, 3.8) is 0 Å². The van der Waals surface area contributed by atoms with Crippen molar-refractivity contribution in [3.05, 3.63) is 22.2 Å². The second kappa shape index (κ2) is 6.47. The van der Waals surface area contributed by atoms with Gasteiger partial charge in [-0.15, -0.1) is 0 Å². The first kappa shape index (κ1) is 16.1. The monoisotopic (exact) mass is 341 g/mol. The molecule has 0 amide bonds. The fourth-order valence-corrected chi connectivity index (χ4v) is 2.02. The van der Waals surface area contributed by atoms with Gasteiger partial charge in [-0.25, -0.2) is 0 Å². The molecular formula is C12H15BrF3NO2. The van der Waals surface area contributed by atoms with Crippen LogP contribution in [0.25, 0.3) is 0 Å². The van der Waals surface area contributed by atoms with Crippen LogP contribution in [-0.4, -0.2) is 17.9 Å². The van der Waals surface area contributed by atoms with Crippen molar-refractivity contribution >= 4 is 15.9 Å². The highest BCUT2D eigenvalue weighted by Gasteiger charge is 2.28. The van der Waals surface area contributed by atoms with Crippen molar-refractivity contribution in [2.24, 2.45) is 5.73 Å². The van der Waals surface area contributed by atoms with Crippen molar-refractivity contribution in [2.45, 2.75) is 32.0 Å². The highest BCUT2D eigenvalue weighted by Crippen LogP contribution is 2.38. The maximum Gasteiger partial charge on any atom is 0.389 e. The Kier molecular flexibility index (Phi) is 5.49. The van der Waals surface area contributed by atoms with Gasteiger partial charge in [0.15, 0.2) is 11.5 Å². The van der Waals surface area contributed by atoms with Crippen LogP contribution in [0.2, 0.25) is 0 Å². The van der Waals surface area contributed by atoms with Gasteiger partial charge in [0.05, 0.1) is 11.1 Å².